The Labute approximate surface area is 162 Å². The highest BCUT2D eigenvalue weighted by molar-refractivity contribution is 5.92. The van der Waals surface area contributed by atoms with E-state index in [1.807, 2.05) is 37.3 Å². The first-order valence-corrected chi connectivity index (χ1v) is 8.98. The molecule has 0 unspecified atom stereocenters. The third-order valence-electron chi connectivity index (χ3n) is 5.37. The highest BCUT2D eigenvalue weighted by Gasteiger charge is 2.51. The van der Waals surface area contributed by atoms with Crippen molar-refractivity contribution in [1.29, 1.82) is 0 Å². The Bertz CT molecular complexity index is 938. The minimum Gasteiger partial charge on any atom is -0.497 e. The van der Waals surface area contributed by atoms with Gasteiger partial charge in [0.05, 0.1) is 18.1 Å². The molecule has 0 bridgehead atoms. The van der Waals surface area contributed by atoms with E-state index >= 15 is 0 Å². The smallest absolute Gasteiger partial charge is 0.269 e. The molecule has 1 fully saturated rings. The number of non-ortho nitro benzene ring substituents is 1. The van der Waals surface area contributed by atoms with Crippen LogP contribution < -0.4 is 9.64 Å². The van der Waals surface area contributed by atoms with Gasteiger partial charge in [0.25, 0.3) is 5.69 Å². The lowest BCUT2D eigenvalue weighted by atomic mass is 9.86. The molecule has 7 heteroatoms. The van der Waals surface area contributed by atoms with E-state index in [9.17, 15) is 14.9 Å². The van der Waals surface area contributed by atoms with Gasteiger partial charge in [-0.2, -0.15) is 0 Å². The van der Waals surface area contributed by atoms with Crippen LogP contribution in [0.4, 0.5) is 11.4 Å². The summed E-state index contributed by atoms with van der Waals surface area (Å²) in [6.45, 7) is 1.96. The number of nitro groups is 1. The Kier molecular flexibility index (Phi) is 4.39. The first-order valence-electron chi connectivity index (χ1n) is 8.98. The van der Waals surface area contributed by atoms with Crippen LogP contribution in [0, 0.1) is 10.1 Å². The van der Waals surface area contributed by atoms with Crippen LogP contribution in [-0.4, -0.2) is 29.5 Å². The molecule has 1 heterocycles. The van der Waals surface area contributed by atoms with Crippen LogP contribution in [0.25, 0.3) is 0 Å². The van der Waals surface area contributed by atoms with Gasteiger partial charge in [-0.15, -0.1) is 0 Å². The van der Waals surface area contributed by atoms with Crippen LogP contribution in [-0.2, 0) is 9.53 Å². The molecule has 0 N–H and O–H groups in total. The maximum absolute atomic E-state index is 12.1. The van der Waals surface area contributed by atoms with E-state index in [0.717, 1.165) is 17.0 Å². The standard InChI is InChI=1S/C21H20N2O5/c1-21-12-11-17(24)13-19(21)22(15-7-9-18(27-2)10-8-15)20(28-21)14-3-5-16(6-4-14)23(25)26/h3-12,19-20H,13H2,1-2H3/t19-,20+,21+/m0/s1. The molecule has 2 aromatic rings. The van der Waals surface area contributed by atoms with Gasteiger partial charge in [0.15, 0.2) is 12.0 Å². The molecule has 2 aliphatic rings. The number of fused-ring (bicyclic) bond motifs is 1. The fourth-order valence-corrected chi connectivity index (χ4v) is 3.84. The zero-order valence-electron chi connectivity index (χ0n) is 15.6. The van der Waals surface area contributed by atoms with Gasteiger partial charge in [-0.1, -0.05) is 0 Å². The van der Waals surface area contributed by atoms with Gasteiger partial charge in [-0.3, -0.25) is 14.9 Å². The highest BCUT2D eigenvalue weighted by atomic mass is 16.6. The van der Waals surface area contributed by atoms with Crippen LogP contribution in [0.2, 0.25) is 0 Å². The molecule has 4 rings (SSSR count). The molecule has 0 amide bonds. The summed E-state index contributed by atoms with van der Waals surface area (Å²) in [7, 11) is 1.61. The quantitative estimate of drug-likeness (QED) is 0.593. The molecule has 1 aliphatic carbocycles. The molecule has 7 nitrogen and oxygen atoms in total. The summed E-state index contributed by atoms with van der Waals surface area (Å²) >= 11 is 0. The van der Waals surface area contributed by atoms with Crippen molar-refractivity contribution in [1.82, 2.24) is 0 Å². The predicted molar refractivity (Wildman–Crippen MR) is 103 cm³/mol. The Morgan fingerprint density at radius 2 is 1.86 bits per heavy atom. The third-order valence-corrected chi connectivity index (χ3v) is 5.37. The molecule has 1 saturated heterocycles. The molecule has 0 spiro atoms. The van der Waals surface area contributed by atoms with E-state index in [1.54, 1.807) is 25.3 Å². The van der Waals surface area contributed by atoms with Gasteiger partial charge in [-0.25, -0.2) is 0 Å². The van der Waals surface area contributed by atoms with E-state index < -0.39 is 16.8 Å². The Morgan fingerprint density at radius 3 is 2.46 bits per heavy atom. The molecule has 0 saturated carbocycles. The lowest BCUT2D eigenvalue weighted by molar-refractivity contribution is -0.384. The zero-order valence-corrected chi connectivity index (χ0v) is 15.6. The number of methoxy groups -OCH3 is 1. The predicted octanol–water partition coefficient (Wildman–Crippen LogP) is 3.80. The van der Waals surface area contributed by atoms with Gasteiger partial charge in [0, 0.05) is 29.8 Å². The number of allylic oxidation sites excluding steroid dienone is 1. The average Bonchev–Trinajstić information content (AvgIpc) is 3.01. The van der Waals surface area contributed by atoms with Crippen molar-refractivity contribution in [3.63, 3.8) is 0 Å². The average molecular weight is 380 g/mol. The van der Waals surface area contributed by atoms with Crippen molar-refractivity contribution in [2.45, 2.75) is 31.2 Å². The van der Waals surface area contributed by atoms with Crippen LogP contribution in [0.15, 0.2) is 60.7 Å². The fourth-order valence-electron chi connectivity index (χ4n) is 3.84. The number of carbonyl (C=O) groups excluding carboxylic acids is 1. The van der Waals surface area contributed by atoms with E-state index in [0.29, 0.717) is 6.42 Å². The van der Waals surface area contributed by atoms with Crippen molar-refractivity contribution in [2.24, 2.45) is 0 Å². The molecular formula is C21H20N2O5. The SMILES string of the molecule is COc1ccc(N2[C@@H](c3ccc([N+](=O)[O-])cc3)O[C@]3(C)C=CC(=O)C[C@H]23)cc1. The molecule has 1 aliphatic heterocycles. The fraction of sp³-hybridized carbons (Fsp3) is 0.286. The lowest BCUT2D eigenvalue weighted by Gasteiger charge is -2.34. The Hall–Kier alpha value is -3.19. The monoisotopic (exact) mass is 380 g/mol. The molecular weight excluding hydrogens is 360 g/mol. The summed E-state index contributed by atoms with van der Waals surface area (Å²) in [6.07, 6.45) is 3.24. The van der Waals surface area contributed by atoms with Crippen LogP contribution in [0.1, 0.15) is 25.1 Å². The second-order valence-electron chi connectivity index (χ2n) is 7.13. The largest absolute Gasteiger partial charge is 0.497 e. The minimum atomic E-state index is -0.639. The number of nitro benzene ring substituents is 1. The van der Waals surface area contributed by atoms with Crippen LogP contribution in [0.3, 0.4) is 0 Å². The van der Waals surface area contributed by atoms with E-state index in [-0.39, 0.29) is 17.5 Å². The number of rotatable bonds is 4. The first kappa shape index (κ1) is 18.2. The van der Waals surface area contributed by atoms with E-state index in [1.165, 1.54) is 12.1 Å². The first-order chi connectivity index (χ1) is 13.4. The highest BCUT2D eigenvalue weighted by Crippen LogP contribution is 2.47. The summed E-state index contributed by atoms with van der Waals surface area (Å²) in [5.41, 5.74) is 1.07. The third kappa shape index (κ3) is 3.03. The van der Waals surface area contributed by atoms with Crippen molar-refractivity contribution < 1.29 is 19.2 Å². The number of carbonyl (C=O) groups is 1. The van der Waals surface area contributed by atoms with E-state index in [4.69, 9.17) is 9.47 Å². The molecule has 0 radical (unpaired) electrons. The van der Waals surface area contributed by atoms with Gasteiger partial charge >= 0.3 is 0 Å². The molecule has 28 heavy (non-hydrogen) atoms. The topological polar surface area (TPSA) is 81.9 Å². The van der Waals surface area contributed by atoms with Crippen molar-refractivity contribution in [3.8, 4) is 5.75 Å². The molecule has 144 valence electrons. The summed E-state index contributed by atoms with van der Waals surface area (Å²) in [5, 5.41) is 11.0. The number of hydrogen-bond acceptors (Lipinski definition) is 6. The van der Waals surface area contributed by atoms with Gasteiger partial charge < -0.3 is 14.4 Å². The van der Waals surface area contributed by atoms with Crippen molar-refractivity contribution in [3.05, 3.63) is 76.4 Å². The van der Waals surface area contributed by atoms with E-state index in [2.05, 4.69) is 4.90 Å². The molecule has 0 aromatic heterocycles. The summed E-state index contributed by atoms with van der Waals surface area (Å²) < 4.78 is 11.6. The van der Waals surface area contributed by atoms with Gasteiger partial charge in [-0.05, 0) is 55.5 Å². The van der Waals surface area contributed by atoms with Crippen molar-refractivity contribution in [2.75, 3.05) is 12.0 Å². The maximum atomic E-state index is 12.1. The number of nitrogens with zero attached hydrogens (tertiary/aromatic N) is 2. The summed E-state index contributed by atoms with van der Waals surface area (Å²) in [6, 6.07) is 13.7. The normalized spacial score (nSPS) is 26.2. The lowest BCUT2D eigenvalue weighted by Crippen LogP contribution is -2.45. The Balaban J connectivity index is 1.77. The second kappa shape index (κ2) is 6.76. The zero-order chi connectivity index (χ0) is 19.9. The number of anilines is 1. The number of ketones is 1. The maximum Gasteiger partial charge on any atom is 0.269 e. The number of hydrogen-bond donors (Lipinski definition) is 0. The summed E-state index contributed by atoms with van der Waals surface area (Å²) in [5.74, 6) is 0.784. The van der Waals surface area contributed by atoms with Crippen LogP contribution in [0.5, 0.6) is 5.75 Å². The van der Waals surface area contributed by atoms with Crippen LogP contribution >= 0.6 is 0 Å². The Morgan fingerprint density at radius 1 is 1.18 bits per heavy atom. The minimum absolute atomic E-state index is 0.0245. The molecule has 3 atom stereocenters. The molecule has 2 aromatic carbocycles. The number of benzene rings is 2. The summed E-state index contributed by atoms with van der Waals surface area (Å²) in [4.78, 5) is 24.7. The van der Waals surface area contributed by atoms with Crippen molar-refractivity contribution >= 4 is 17.2 Å². The van der Waals surface area contributed by atoms with Gasteiger partial charge in [0.1, 0.15) is 11.4 Å². The van der Waals surface area contributed by atoms with Gasteiger partial charge in [0.2, 0.25) is 0 Å². The number of ether oxygens (including phenoxy) is 2. The second-order valence-corrected chi connectivity index (χ2v) is 7.13.